The molecule has 0 spiro atoms. The van der Waals surface area contributed by atoms with Gasteiger partial charge in [0.15, 0.2) is 0 Å². The lowest BCUT2D eigenvalue weighted by Gasteiger charge is -2.22. The minimum Gasteiger partial charge on any atom is -0.508 e. The fraction of sp³-hybridized carbons (Fsp3) is 0.111. The number of nitrogens with zero attached hydrogens (tertiary/aromatic N) is 1. The monoisotopic (exact) mass is 501 g/mol. The summed E-state index contributed by atoms with van der Waals surface area (Å²) in [6, 6.07) is 24.0. The summed E-state index contributed by atoms with van der Waals surface area (Å²) in [5.74, 6) is 0.110. The predicted octanol–water partition coefficient (Wildman–Crippen LogP) is 6.35. The lowest BCUT2D eigenvalue weighted by molar-refractivity contribution is 0.239. The maximum absolute atomic E-state index is 12.8. The van der Waals surface area contributed by atoms with Gasteiger partial charge < -0.3 is 10.4 Å². The molecule has 0 saturated heterocycles. The molecular formula is C27H24BrN3O2. The van der Waals surface area contributed by atoms with E-state index in [-0.39, 0.29) is 5.75 Å². The van der Waals surface area contributed by atoms with Crippen molar-refractivity contribution in [3.05, 3.63) is 111 Å². The van der Waals surface area contributed by atoms with E-state index in [0.717, 1.165) is 37.5 Å². The Morgan fingerprint density at radius 2 is 1.61 bits per heavy atom. The van der Waals surface area contributed by atoms with Crippen molar-refractivity contribution >= 4 is 38.9 Å². The van der Waals surface area contributed by atoms with Gasteiger partial charge in [0.25, 0.3) is 0 Å². The van der Waals surface area contributed by atoms with Crippen molar-refractivity contribution in [3.8, 4) is 5.75 Å². The number of hydrazone groups is 1. The van der Waals surface area contributed by atoms with E-state index in [2.05, 4.69) is 31.8 Å². The van der Waals surface area contributed by atoms with E-state index in [9.17, 15) is 9.90 Å². The minimum atomic E-state index is -0.579. The van der Waals surface area contributed by atoms with Crippen LogP contribution in [0.4, 0.5) is 4.79 Å². The highest BCUT2D eigenvalue weighted by Gasteiger charge is 2.22. The van der Waals surface area contributed by atoms with Crippen molar-refractivity contribution in [1.82, 2.24) is 10.7 Å². The molecule has 33 heavy (non-hydrogen) atoms. The van der Waals surface area contributed by atoms with Gasteiger partial charge in [0.05, 0.1) is 12.3 Å². The first-order valence-corrected chi connectivity index (χ1v) is 11.3. The van der Waals surface area contributed by atoms with Crippen molar-refractivity contribution in [3.63, 3.8) is 0 Å². The lowest BCUT2D eigenvalue weighted by atomic mass is 9.92. The summed E-state index contributed by atoms with van der Waals surface area (Å²) in [6.07, 6.45) is 1.59. The SMILES string of the molecule is Cc1ccc(/C=N/NC(=O)NC(c2ccc(C)cc2)c2c(O)ccc3cc(Br)ccc23)cc1. The van der Waals surface area contributed by atoms with Gasteiger partial charge >= 0.3 is 6.03 Å². The molecule has 4 aromatic carbocycles. The number of hydrogen-bond acceptors (Lipinski definition) is 3. The fourth-order valence-electron chi connectivity index (χ4n) is 3.68. The Kier molecular flexibility index (Phi) is 6.75. The number of carbonyl (C=O) groups is 1. The quantitative estimate of drug-likeness (QED) is 0.220. The van der Waals surface area contributed by atoms with Crippen molar-refractivity contribution < 1.29 is 9.90 Å². The van der Waals surface area contributed by atoms with Gasteiger partial charge in [-0.25, -0.2) is 10.2 Å². The third-order valence-electron chi connectivity index (χ3n) is 5.43. The van der Waals surface area contributed by atoms with Gasteiger partial charge in [-0.05, 0) is 53.9 Å². The zero-order chi connectivity index (χ0) is 23.4. The van der Waals surface area contributed by atoms with Crippen LogP contribution in [0.2, 0.25) is 0 Å². The number of amides is 2. The molecule has 0 bridgehead atoms. The van der Waals surface area contributed by atoms with Crippen LogP contribution in [0.5, 0.6) is 5.75 Å². The molecule has 2 amide bonds. The molecule has 5 nitrogen and oxygen atoms in total. The Hall–Kier alpha value is -3.64. The first-order valence-electron chi connectivity index (χ1n) is 10.5. The van der Waals surface area contributed by atoms with Crippen LogP contribution in [0.1, 0.15) is 33.9 Å². The zero-order valence-electron chi connectivity index (χ0n) is 18.3. The fourth-order valence-corrected chi connectivity index (χ4v) is 4.06. The van der Waals surface area contributed by atoms with Gasteiger partial charge in [-0.3, -0.25) is 0 Å². The maximum atomic E-state index is 12.8. The number of carbonyl (C=O) groups excluding carboxylic acids is 1. The first kappa shape index (κ1) is 22.6. The summed E-state index contributed by atoms with van der Waals surface area (Å²) in [6.45, 7) is 4.02. The molecule has 4 rings (SSSR count). The molecule has 0 fully saturated rings. The van der Waals surface area contributed by atoms with Crippen LogP contribution in [0.25, 0.3) is 10.8 Å². The molecule has 0 aliphatic carbocycles. The second kappa shape index (κ2) is 9.88. The van der Waals surface area contributed by atoms with Crippen molar-refractivity contribution in [2.75, 3.05) is 0 Å². The summed E-state index contributed by atoms with van der Waals surface area (Å²) in [5.41, 5.74) is 7.15. The Bertz CT molecular complexity index is 1320. The van der Waals surface area contributed by atoms with Crippen LogP contribution in [0, 0.1) is 13.8 Å². The van der Waals surface area contributed by atoms with E-state index < -0.39 is 12.1 Å². The number of hydrogen-bond donors (Lipinski definition) is 3. The molecule has 4 aromatic rings. The van der Waals surface area contributed by atoms with Crippen molar-refractivity contribution in [1.29, 1.82) is 0 Å². The zero-order valence-corrected chi connectivity index (χ0v) is 19.9. The number of rotatable bonds is 5. The van der Waals surface area contributed by atoms with E-state index in [1.54, 1.807) is 12.3 Å². The van der Waals surface area contributed by atoms with Gasteiger partial charge in [0.2, 0.25) is 0 Å². The summed E-state index contributed by atoms with van der Waals surface area (Å²) in [4.78, 5) is 12.8. The molecule has 0 saturated carbocycles. The number of phenolic OH excluding ortho intramolecular Hbond substituents is 1. The second-order valence-corrected chi connectivity index (χ2v) is 8.88. The number of fused-ring (bicyclic) bond motifs is 1. The third-order valence-corrected chi connectivity index (χ3v) is 5.93. The number of benzene rings is 4. The van der Waals surface area contributed by atoms with Gasteiger partial charge in [0.1, 0.15) is 5.75 Å². The minimum absolute atomic E-state index is 0.110. The number of nitrogens with one attached hydrogen (secondary N) is 2. The average Bonchev–Trinajstić information content (AvgIpc) is 2.80. The highest BCUT2D eigenvalue weighted by Crippen LogP contribution is 2.36. The predicted molar refractivity (Wildman–Crippen MR) is 137 cm³/mol. The molecule has 0 aromatic heterocycles. The molecule has 1 atom stereocenters. The van der Waals surface area contributed by atoms with Gasteiger partial charge in [-0.15, -0.1) is 0 Å². The number of halogens is 1. The largest absolute Gasteiger partial charge is 0.508 e. The normalized spacial score (nSPS) is 12.1. The standard InChI is InChI=1S/C27H24BrN3O2/c1-17-3-7-19(8-4-17)16-29-31-27(33)30-26(20-9-5-18(2)6-10-20)25-23-13-12-22(28)15-21(23)11-14-24(25)32/h3-16,26,32H,1-2H3,(H2,30,31,33)/b29-16+. The van der Waals surface area contributed by atoms with Gasteiger partial charge in [-0.2, -0.15) is 5.10 Å². The molecule has 0 radical (unpaired) electrons. The van der Waals surface area contributed by atoms with Gasteiger partial charge in [0, 0.05) is 10.0 Å². The summed E-state index contributed by atoms with van der Waals surface area (Å²) >= 11 is 3.50. The summed E-state index contributed by atoms with van der Waals surface area (Å²) in [5, 5.41) is 19.7. The van der Waals surface area contributed by atoms with E-state index in [4.69, 9.17) is 0 Å². The Morgan fingerprint density at radius 3 is 2.30 bits per heavy atom. The highest BCUT2D eigenvalue weighted by molar-refractivity contribution is 9.10. The maximum Gasteiger partial charge on any atom is 0.335 e. The van der Waals surface area contributed by atoms with Crippen LogP contribution in [0.3, 0.4) is 0 Å². The highest BCUT2D eigenvalue weighted by atomic mass is 79.9. The Balaban J connectivity index is 1.66. The lowest BCUT2D eigenvalue weighted by Crippen LogP contribution is -2.36. The van der Waals surface area contributed by atoms with Crippen LogP contribution in [-0.2, 0) is 0 Å². The number of aromatic hydroxyl groups is 1. The number of urea groups is 1. The van der Waals surface area contributed by atoms with Crippen LogP contribution >= 0.6 is 15.9 Å². The molecule has 0 heterocycles. The Labute approximate surface area is 201 Å². The molecule has 6 heteroatoms. The van der Waals surface area contributed by atoms with E-state index >= 15 is 0 Å². The molecule has 166 valence electrons. The Morgan fingerprint density at radius 1 is 0.939 bits per heavy atom. The van der Waals surface area contributed by atoms with Crippen molar-refractivity contribution in [2.45, 2.75) is 19.9 Å². The molecule has 0 aliphatic rings. The molecule has 1 unspecified atom stereocenters. The number of phenols is 1. The number of aryl methyl sites for hydroxylation is 2. The molecule has 0 aliphatic heterocycles. The third kappa shape index (κ3) is 5.41. The first-order chi connectivity index (χ1) is 15.9. The summed E-state index contributed by atoms with van der Waals surface area (Å²) in [7, 11) is 0. The van der Waals surface area contributed by atoms with E-state index in [1.165, 1.54) is 0 Å². The smallest absolute Gasteiger partial charge is 0.335 e. The van der Waals surface area contributed by atoms with Crippen LogP contribution in [-0.4, -0.2) is 17.4 Å². The summed E-state index contributed by atoms with van der Waals surface area (Å²) < 4.78 is 0.940. The molecule has 3 N–H and O–H groups in total. The van der Waals surface area contributed by atoms with Crippen LogP contribution in [0.15, 0.2) is 88.4 Å². The van der Waals surface area contributed by atoms with E-state index in [1.807, 2.05) is 86.6 Å². The van der Waals surface area contributed by atoms with Gasteiger partial charge in [-0.1, -0.05) is 87.7 Å². The van der Waals surface area contributed by atoms with E-state index in [0.29, 0.717) is 5.56 Å². The topological polar surface area (TPSA) is 73.7 Å². The second-order valence-electron chi connectivity index (χ2n) is 7.96. The molecular weight excluding hydrogens is 478 g/mol. The van der Waals surface area contributed by atoms with Crippen molar-refractivity contribution in [2.24, 2.45) is 5.10 Å². The average molecular weight is 502 g/mol. The van der Waals surface area contributed by atoms with Crippen LogP contribution < -0.4 is 10.7 Å².